The molecule has 2 heterocycles. The number of amides is 1. The molecular formula is C15H15N3O3. The Labute approximate surface area is 121 Å². The van der Waals surface area contributed by atoms with Crippen LogP contribution >= 0.6 is 0 Å². The fraction of sp³-hybridized carbons (Fsp3) is 0.267. The van der Waals surface area contributed by atoms with Crippen molar-refractivity contribution >= 4 is 5.91 Å². The zero-order valence-corrected chi connectivity index (χ0v) is 11.7. The standard InChI is InChI=1S/C15H15N3O3/c1-2-17(10-8-16)15(20)13-7-6-12(21-13)11-18-9-4-3-5-14(18)19/h3-7,9H,2,10-11H2,1H3. The van der Waals surface area contributed by atoms with Crippen molar-refractivity contribution in [2.75, 3.05) is 13.1 Å². The van der Waals surface area contributed by atoms with Gasteiger partial charge in [-0.2, -0.15) is 5.26 Å². The molecule has 0 atom stereocenters. The van der Waals surface area contributed by atoms with Gasteiger partial charge in [0, 0.05) is 18.8 Å². The Bertz CT molecular complexity index is 724. The average Bonchev–Trinajstić information content (AvgIpc) is 2.95. The number of rotatable bonds is 5. The van der Waals surface area contributed by atoms with Gasteiger partial charge in [-0.05, 0) is 25.1 Å². The Balaban J connectivity index is 2.15. The fourth-order valence-electron chi connectivity index (χ4n) is 1.91. The van der Waals surface area contributed by atoms with Crippen LogP contribution in [0.25, 0.3) is 0 Å². The highest BCUT2D eigenvalue weighted by atomic mass is 16.4. The predicted molar refractivity (Wildman–Crippen MR) is 75.7 cm³/mol. The summed E-state index contributed by atoms with van der Waals surface area (Å²) in [6, 6.07) is 10.0. The maximum Gasteiger partial charge on any atom is 0.290 e. The number of furan rings is 1. The largest absolute Gasteiger partial charge is 0.454 e. The summed E-state index contributed by atoms with van der Waals surface area (Å²) >= 11 is 0. The molecule has 6 heteroatoms. The van der Waals surface area contributed by atoms with E-state index in [0.29, 0.717) is 12.3 Å². The minimum atomic E-state index is -0.328. The first kappa shape index (κ1) is 14.6. The van der Waals surface area contributed by atoms with Crippen LogP contribution in [0.1, 0.15) is 23.2 Å². The van der Waals surface area contributed by atoms with Crippen molar-refractivity contribution < 1.29 is 9.21 Å². The second kappa shape index (κ2) is 6.57. The molecule has 0 saturated carbocycles. The van der Waals surface area contributed by atoms with E-state index in [0.717, 1.165) is 0 Å². The van der Waals surface area contributed by atoms with Gasteiger partial charge >= 0.3 is 0 Å². The number of carbonyl (C=O) groups is 1. The summed E-state index contributed by atoms with van der Waals surface area (Å²) in [5, 5.41) is 8.68. The highest BCUT2D eigenvalue weighted by molar-refractivity contribution is 5.91. The predicted octanol–water partition coefficient (Wildman–Crippen LogP) is 1.48. The second-order valence-corrected chi connectivity index (χ2v) is 4.41. The number of pyridine rings is 1. The minimum absolute atomic E-state index is 0.0174. The average molecular weight is 285 g/mol. The zero-order chi connectivity index (χ0) is 15.2. The highest BCUT2D eigenvalue weighted by Gasteiger charge is 2.17. The van der Waals surface area contributed by atoms with E-state index in [2.05, 4.69) is 0 Å². The molecule has 0 unspecified atom stereocenters. The molecule has 0 aliphatic heterocycles. The number of hydrogen-bond donors (Lipinski definition) is 0. The lowest BCUT2D eigenvalue weighted by Crippen LogP contribution is -2.30. The van der Waals surface area contributed by atoms with Gasteiger partial charge in [0.15, 0.2) is 5.76 Å². The number of aromatic nitrogens is 1. The number of hydrogen-bond acceptors (Lipinski definition) is 4. The van der Waals surface area contributed by atoms with Crippen LogP contribution in [-0.4, -0.2) is 28.5 Å². The summed E-state index contributed by atoms with van der Waals surface area (Å²) < 4.78 is 6.96. The summed E-state index contributed by atoms with van der Waals surface area (Å²) in [6.45, 7) is 2.50. The van der Waals surface area contributed by atoms with Gasteiger partial charge in [0.2, 0.25) is 0 Å². The normalized spacial score (nSPS) is 10.1. The van der Waals surface area contributed by atoms with Gasteiger partial charge in [0.05, 0.1) is 12.6 Å². The second-order valence-electron chi connectivity index (χ2n) is 4.41. The molecule has 2 aromatic rings. The smallest absolute Gasteiger partial charge is 0.290 e. The Morgan fingerprint density at radius 1 is 1.38 bits per heavy atom. The summed E-state index contributed by atoms with van der Waals surface area (Å²) in [6.07, 6.45) is 1.65. The van der Waals surface area contributed by atoms with E-state index in [4.69, 9.17) is 9.68 Å². The lowest BCUT2D eigenvalue weighted by atomic mass is 10.3. The van der Waals surface area contributed by atoms with E-state index in [-0.39, 0.29) is 30.3 Å². The van der Waals surface area contributed by atoms with E-state index in [1.165, 1.54) is 15.5 Å². The highest BCUT2D eigenvalue weighted by Crippen LogP contribution is 2.11. The van der Waals surface area contributed by atoms with Crippen LogP contribution in [0.2, 0.25) is 0 Å². The Morgan fingerprint density at radius 3 is 2.86 bits per heavy atom. The summed E-state index contributed by atoms with van der Waals surface area (Å²) in [5.74, 6) is 0.358. The third-order valence-corrected chi connectivity index (χ3v) is 3.03. The molecule has 0 saturated heterocycles. The maximum atomic E-state index is 12.1. The Kier molecular flexibility index (Phi) is 4.57. The first-order chi connectivity index (χ1) is 10.2. The molecule has 0 fully saturated rings. The van der Waals surface area contributed by atoms with Crippen molar-refractivity contribution in [3.05, 3.63) is 58.4 Å². The van der Waals surface area contributed by atoms with Crippen molar-refractivity contribution in [3.63, 3.8) is 0 Å². The molecule has 2 aromatic heterocycles. The van der Waals surface area contributed by atoms with Gasteiger partial charge in [0.1, 0.15) is 12.3 Å². The van der Waals surface area contributed by atoms with Crippen molar-refractivity contribution in [2.45, 2.75) is 13.5 Å². The van der Waals surface area contributed by atoms with Crippen LogP contribution < -0.4 is 5.56 Å². The lowest BCUT2D eigenvalue weighted by Gasteiger charge is -2.15. The molecule has 0 bridgehead atoms. The molecule has 0 spiro atoms. The quantitative estimate of drug-likeness (QED) is 0.779. The fourth-order valence-corrected chi connectivity index (χ4v) is 1.91. The molecule has 0 aromatic carbocycles. The monoisotopic (exact) mass is 285 g/mol. The van der Waals surface area contributed by atoms with E-state index in [9.17, 15) is 9.59 Å². The van der Waals surface area contributed by atoms with Crippen molar-refractivity contribution in [1.29, 1.82) is 5.26 Å². The Hall–Kier alpha value is -2.81. The van der Waals surface area contributed by atoms with E-state index >= 15 is 0 Å². The third kappa shape index (κ3) is 3.39. The Morgan fingerprint density at radius 2 is 2.19 bits per heavy atom. The molecule has 1 amide bonds. The van der Waals surface area contributed by atoms with Gasteiger partial charge in [-0.15, -0.1) is 0 Å². The van der Waals surface area contributed by atoms with Gasteiger partial charge in [0.25, 0.3) is 11.5 Å². The SMILES string of the molecule is CCN(CC#N)C(=O)c1ccc(Cn2ccccc2=O)o1. The first-order valence-corrected chi connectivity index (χ1v) is 6.56. The van der Waals surface area contributed by atoms with Crippen LogP contribution in [0.15, 0.2) is 45.7 Å². The molecule has 0 aliphatic carbocycles. The first-order valence-electron chi connectivity index (χ1n) is 6.56. The van der Waals surface area contributed by atoms with Crippen LogP contribution in [0.4, 0.5) is 0 Å². The van der Waals surface area contributed by atoms with Gasteiger partial charge in [-0.3, -0.25) is 9.59 Å². The molecule has 108 valence electrons. The number of nitriles is 1. The van der Waals surface area contributed by atoms with Crippen LogP contribution in [0.3, 0.4) is 0 Å². The van der Waals surface area contributed by atoms with E-state index < -0.39 is 0 Å². The third-order valence-electron chi connectivity index (χ3n) is 3.03. The van der Waals surface area contributed by atoms with Crippen LogP contribution in [0, 0.1) is 11.3 Å². The zero-order valence-electron chi connectivity index (χ0n) is 11.7. The summed E-state index contributed by atoms with van der Waals surface area (Å²) in [4.78, 5) is 25.1. The van der Waals surface area contributed by atoms with Crippen molar-refractivity contribution in [3.8, 4) is 6.07 Å². The van der Waals surface area contributed by atoms with Crippen molar-refractivity contribution in [1.82, 2.24) is 9.47 Å². The molecule has 6 nitrogen and oxygen atoms in total. The topological polar surface area (TPSA) is 79.2 Å². The van der Waals surface area contributed by atoms with Gasteiger partial charge in [-0.1, -0.05) is 6.07 Å². The lowest BCUT2D eigenvalue weighted by molar-refractivity contribution is 0.0750. The molecule has 0 radical (unpaired) electrons. The van der Waals surface area contributed by atoms with Crippen LogP contribution in [-0.2, 0) is 6.54 Å². The molecular weight excluding hydrogens is 270 g/mol. The van der Waals surface area contributed by atoms with E-state index in [1.54, 1.807) is 37.4 Å². The number of carbonyl (C=O) groups excluding carboxylic acids is 1. The van der Waals surface area contributed by atoms with Crippen molar-refractivity contribution in [2.24, 2.45) is 0 Å². The minimum Gasteiger partial charge on any atom is -0.454 e. The number of nitrogens with zero attached hydrogens (tertiary/aromatic N) is 3. The van der Waals surface area contributed by atoms with Crippen LogP contribution in [0.5, 0.6) is 0 Å². The molecule has 0 aliphatic rings. The molecule has 2 rings (SSSR count). The molecule has 0 N–H and O–H groups in total. The van der Waals surface area contributed by atoms with Gasteiger partial charge < -0.3 is 13.9 Å². The van der Waals surface area contributed by atoms with E-state index in [1.807, 2.05) is 6.07 Å². The van der Waals surface area contributed by atoms with Gasteiger partial charge in [-0.25, -0.2) is 0 Å². The maximum absolute atomic E-state index is 12.1. The summed E-state index contributed by atoms with van der Waals surface area (Å²) in [7, 11) is 0. The molecule has 21 heavy (non-hydrogen) atoms. The summed E-state index contributed by atoms with van der Waals surface area (Å²) in [5.41, 5.74) is -0.138.